The zero-order valence-electron chi connectivity index (χ0n) is 13.0. The van der Waals surface area contributed by atoms with Gasteiger partial charge in [-0.1, -0.05) is 11.3 Å². The van der Waals surface area contributed by atoms with Crippen LogP contribution in [-0.2, 0) is 20.1 Å². The first-order valence-corrected chi connectivity index (χ1v) is 8.42. The van der Waals surface area contributed by atoms with Gasteiger partial charge in [0, 0.05) is 44.1 Å². The van der Waals surface area contributed by atoms with E-state index in [1.165, 1.54) is 4.88 Å². The molecular formula is C15H22FN5S. The van der Waals surface area contributed by atoms with Gasteiger partial charge >= 0.3 is 0 Å². The van der Waals surface area contributed by atoms with E-state index in [9.17, 15) is 4.39 Å². The van der Waals surface area contributed by atoms with Crippen molar-refractivity contribution in [1.29, 1.82) is 0 Å². The quantitative estimate of drug-likeness (QED) is 0.814. The SMILES string of the molecule is CN(Cc1cnnn1C)C[C@@H]1C[C@H](F)CN1Cc1cccs1. The number of alkyl halides is 1. The molecule has 3 rings (SSSR count). The van der Waals surface area contributed by atoms with E-state index in [0.29, 0.717) is 13.0 Å². The van der Waals surface area contributed by atoms with Crippen LogP contribution in [0.1, 0.15) is 17.0 Å². The lowest BCUT2D eigenvalue weighted by molar-refractivity contribution is 0.180. The Bertz CT molecular complexity index is 585. The Morgan fingerprint density at radius 2 is 2.36 bits per heavy atom. The molecule has 7 heteroatoms. The number of thiophene rings is 1. The summed E-state index contributed by atoms with van der Waals surface area (Å²) in [5.74, 6) is 0. The summed E-state index contributed by atoms with van der Waals surface area (Å²) in [4.78, 5) is 5.80. The normalized spacial score (nSPS) is 22.7. The molecule has 0 aliphatic carbocycles. The molecule has 2 aromatic rings. The second-order valence-electron chi connectivity index (χ2n) is 6.04. The summed E-state index contributed by atoms with van der Waals surface area (Å²) in [7, 11) is 3.97. The van der Waals surface area contributed by atoms with Crippen molar-refractivity contribution in [2.75, 3.05) is 20.1 Å². The van der Waals surface area contributed by atoms with Gasteiger partial charge in [0.25, 0.3) is 0 Å². The molecule has 2 atom stereocenters. The summed E-state index contributed by atoms with van der Waals surface area (Å²) < 4.78 is 15.6. The first-order chi connectivity index (χ1) is 10.6. The third kappa shape index (κ3) is 3.71. The van der Waals surface area contributed by atoms with Gasteiger partial charge in [0.1, 0.15) is 6.17 Å². The number of likely N-dealkylation sites (N-methyl/N-ethyl adjacent to an activating group) is 1. The minimum atomic E-state index is -0.711. The fourth-order valence-corrected chi connectivity index (χ4v) is 3.79. The highest BCUT2D eigenvalue weighted by molar-refractivity contribution is 7.09. The second-order valence-corrected chi connectivity index (χ2v) is 7.07. The number of likely N-dealkylation sites (tertiary alicyclic amines) is 1. The molecule has 3 heterocycles. The molecule has 0 unspecified atom stereocenters. The Kier molecular flexibility index (Phi) is 4.85. The first-order valence-electron chi connectivity index (χ1n) is 7.54. The number of aromatic nitrogens is 3. The third-order valence-corrected chi connectivity index (χ3v) is 5.04. The molecule has 1 aliphatic rings. The molecule has 0 saturated carbocycles. The summed E-state index contributed by atoms with van der Waals surface area (Å²) in [6, 6.07) is 4.45. The molecule has 1 aliphatic heterocycles. The van der Waals surface area contributed by atoms with Crippen molar-refractivity contribution < 1.29 is 4.39 Å². The molecule has 22 heavy (non-hydrogen) atoms. The Morgan fingerprint density at radius 3 is 3.05 bits per heavy atom. The zero-order chi connectivity index (χ0) is 15.5. The van der Waals surface area contributed by atoms with Crippen LogP contribution in [0.4, 0.5) is 4.39 Å². The number of rotatable bonds is 6. The molecule has 0 amide bonds. The molecule has 5 nitrogen and oxygen atoms in total. The summed E-state index contributed by atoms with van der Waals surface area (Å²) in [5, 5.41) is 9.93. The number of halogens is 1. The highest BCUT2D eigenvalue weighted by Crippen LogP contribution is 2.25. The van der Waals surface area contributed by atoms with Crippen LogP contribution in [0.2, 0.25) is 0 Å². The monoisotopic (exact) mass is 323 g/mol. The van der Waals surface area contributed by atoms with Crippen LogP contribution in [-0.4, -0.2) is 57.1 Å². The molecule has 2 aromatic heterocycles. The zero-order valence-corrected chi connectivity index (χ0v) is 13.8. The minimum Gasteiger partial charge on any atom is -0.299 e. The Morgan fingerprint density at radius 1 is 1.50 bits per heavy atom. The molecule has 0 bridgehead atoms. The van der Waals surface area contributed by atoms with Crippen LogP contribution >= 0.6 is 11.3 Å². The lowest BCUT2D eigenvalue weighted by atomic mass is 10.2. The first kappa shape index (κ1) is 15.6. The van der Waals surface area contributed by atoms with Gasteiger partial charge < -0.3 is 0 Å². The van der Waals surface area contributed by atoms with Gasteiger partial charge in [0.15, 0.2) is 0 Å². The minimum absolute atomic E-state index is 0.267. The van der Waals surface area contributed by atoms with Gasteiger partial charge in [0.05, 0.1) is 11.9 Å². The number of nitrogens with zero attached hydrogens (tertiary/aromatic N) is 5. The third-order valence-electron chi connectivity index (χ3n) is 4.18. The maximum absolute atomic E-state index is 13.9. The molecule has 0 spiro atoms. The summed E-state index contributed by atoms with van der Waals surface area (Å²) >= 11 is 1.74. The fraction of sp³-hybridized carbons (Fsp3) is 0.600. The summed E-state index contributed by atoms with van der Waals surface area (Å²) in [6.07, 6.45) is 1.70. The van der Waals surface area contributed by atoms with Crippen molar-refractivity contribution in [2.24, 2.45) is 7.05 Å². The van der Waals surface area contributed by atoms with E-state index in [1.807, 2.05) is 7.05 Å². The van der Waals surface area contributed by atoms with Crippen molar-refractivity contribution in [2.45, 2.75) is 31.7 Å². The van der Waals surface area contributed by atoms with Crippen molar-refractivity contribution in [3.05, 3.63) is 34.3 Å². The summed E-state index contributed by atoms with van der Waals surface area (Å²) in [5.41, 5.74) is 1.07. The van der Waals surface area contributed by atoms with E-state index in [-0.39, 0.29) is 6.04 Å². The molecular weight excluding hydrogens is 301 g/mol. The Balaban J connectivity index is 1.58. The predicted octanol–water partition coefficient (Wildman–Crippen LogP) is 1.92. The van der Waals surface area contributed by atoms with Gasteiger partial charge in [-0.05, 0) is 24.9 Å². The van der Waals surface area contributed by atoms with Crippen LogP contribution in [0.25, 0.3) is 0 Å². The van der Waals surface area contributed by atoms with Crippen molar-refractivity contribution in [1.82, 2.24) is 24.8 Å². The molecule has 0 aromatic carbocycles. The van der Waals surface area contributed by atoms with Crippen LogP contribution < -0.4 is 0 Å². The average Bonchev–Trinajstić information content (AvgIpc) is 3.16. The van der Waals surface area contributed by atoms with Crippen LogP contribution in [0, 0.1) is 0 Å². The Hall–Kier alpha value is -1.31. The van der Waals surface area contributed by atoms with E-state index >= 15 is 0 Å². The van der Waals surface area contributed by atoms with E-state index in [0.717, 1.165) is 25.3 Å². The van der Waals surface area contributed by atoms with Gasteiger partial charge in [-0.25, -0.2) is 4.39 Å². The lowest BCUT2D eigenvalue weighted by Gasteiger charge is -2.27. The second kappa shape index (κ2) is 6.85. The van der Waals surface area contributed by atoms with E-state index in [2.05, 4.69) is 44.7 Å². The topological polar surface area (TPSA) is 37.2 Å². The standard InChI is InChI=1S/C15H22FN5S/c1-19(10-14-7-17-18-20(14)2)9-13-6-12(16)8-21(13)11-15-4-3-5-22-15/h3-5,7,12-13H,6,8-11H2,1-2H3/t12-,13-/m0/s1. The summed E-state index contributed by atoms with van der Waals surface area (Å²) in [6.45, 7) is 3.04. The molecule has 1 saturated heterocycles. The van der Waals surface area contributed by atoms with Crippen LogP contribution in [0.3, 0.4) is 0 Å². The van der Waals surface area contributed by atoms with Gasteiger partial charge in [-0.2, -0.15) is 0 Å². The number of hydrogen-bond donors (Lipinski definition) is 0. The van der Waals surface area contributed by atoms with Gasteiger partial charge in [-0.15, -0.1) is 16.4 Å². The van der Waals surface area contributed by atoms with E-state index in [4.69, 9.17) is 0 Å². The van der Waals surface area contributed by atoms with Crippen molar-refractivity contribution in [3.63, 3.8) is 0 Å². The Labute approximate surface area is 134 Å². The van der Waals surface area contributed by atoms with Gasteiger partial charge in [0.2, 0.25) is 0 Å². The van der Waals surface area contributed by atoms with E-state index in [1.54, 1.807) is 22.2 Å². The van der Waals surface area contributed by atoms with Crippen LogP contribution in [0.5, 0.6) is 0 Å². The smallest absolute Gasteiger partial charge is 0.114 e. The van der Waals surface area contributed by atoms with Crippen molar-refractivity contribution in [3.8, 4) is 0 Å². The average molecular weight is 323 g/mol. The fourth-order valence-electron chi connectivity index (χ4n) is 3.06. The largest absolute Gasteiger partial charge is 0.299 e. The molecule has 0 N–H and O–H groups in total. The molecule has 120 valence electrons. The molecule has 1 fully saturated rings. The predicted molar refractivity (Wildman–Crippen MR) is 85.4 cm³/mol. The van der Waals surface area contributed by atoms with Crippen molar-refractivity contribution >= 4 is 11.3 Å². The number of hydrogen-bond acceptors (Lipinski definition) is 5. The highest BCUT2D eigenvalue weighted by Gasteiger charge is 2.32. The van der Waals surface area contributed by atoms with E-state index < -0.39 is 6.17 Å². The van der Waals surface area contributed by atoms with Gasteiger partial charge in [-0.3, -0.25) is 14.5 Å². The maximum Gasteiger partial charge on any atom is 0.114 e. The lowest BCUT2D eigenvalue weighted by Crippen LogP contribution is -2.38. The maximum atomic E-state index is 13.9. The van der Waals surface area contributed by atoms with Crippen LogP contribution in [0.15, 0.2) is 23.7 Å². The highest BCUT2D eigenvalue weighted by atomic mass is 32.1. The number of aryl methyl sites for hydroxylation is 1. The molecule has 0 radical (unpaired) electrons.